The molecule has 0 fully saturated rings. The van der Waals surface area contributed by atoms with Crippen LogP contribution in [0.1, 0.15) is 13.8 Å². The Kier molecular flexibility index (Phi) is 17.1. The lowest BCUT2D eigenvalue weighted by Crippen LogP contribution is -2.34. The van der Waals surface area contributed by atoms with Gasteiger partial charge in [-0.05, 0) is 20.5 Å². The Bertz CT molecular complexity index is 306. The normalized spacial score (nSPS) is 13.0. The van der Waals surface area contributed by atoms with Crippen molar-refractivity contribution in [3.8, 4) is 0 Å². The van der Waals surface area contributed by atoms with Gasteiger partial charge in [0.05, 0.1) is 5.37 Å². The van der Waals surface area contributed by atoms with Crippen LogP contribution in [0, 0.1) is 0 Å². The predicted octanol–water partition coefficient (Wildman–Crippen LogP) is 3.61. The van der Waals surface area contributed by atoms with Gasteiger partial charge >= 0.3 is 0 Å². The zero-order valence-electron chi connectivity index (χ0n) is 15.8. The number of thiol groups is 1. The first kappa shape index (κ1) is 24.4. The Morgan fingerprint density at radius 1 is 1.08 bits per heavy atom. The van der Waals surface area contributed by atoms with Crippen molar-refractivity contribution in [1.29, 1.82) is 0 Å². The van der Waals surface area contributed by atoms with Gasteiger partial charge in [-0.2, -0.15) is 12.6 Å². The fraction of sp³-hybridized carbons (Fsp3) is 0.778. The maximum Gasteiger partial charge on any atom is 0.0529 e. The van der Waals surface area contributed by atoms with E-state index in [2.05, 4.69) is 61.4 Å². The molecule has 0 aromatic rings. The van der Waals surface area contributed by atoms with E-state index in [1.54, 1.807) is 0 Å². The van der Waals surface area contributed by atoms with Gasteiger partial charge in [0, 0.05) is 55.9 Å². The highest BCUT2D eigenvalue weighted by Gasteiger charge is 2.12. The summed E-state index contributed by atoms with van der Waals surface area (Å²) in [7, 11) is 2.16. The molecular formula is C18H37N3S3. The van der Waals surface area contributed by atoms with Gasteiger partial charge in [0.2, 0.25) is 0 Å². The van der Waals surface area contributed by atoms with Crippen LogP contribution < -0.4 is 0 Å². The summed E-state index contributed by atoms with van der Waals surface area (Å²) < 4.78 is 0. The van der Waals surface area contributed by atoms with Crippen LogP contribution in [0.5, 0.6) is 0 Å². The second kappa shape index (κ2) is 16.9. The molecule has 142 valence electrons. The minimum absolute atomic E-state index is 0.570. The maximum atomic E-state index is 4.28. The fourth-order valence-electron chi connectivity index (χ4n) is 2.31. The molecule has 0 saturated heterocycles. The van der Waals surface area contributed by atoms with Crippen LogP contribution >= 0.6 is 36.2 Å². The molecule has 0 aliphatic heterocycles. The molecule has 0 rings (SSSR count). The van der Waals surface area contributed by atoms with E-state index in [-0.39, 0.29) is 0 Å². The van der Waals surface area contributed by atoms with Crippen molar-refractivity contribution in [3.63, 3.8) is 0 Å². The van der Waals surface area contributed by atoms with Crippen LogP contribution in [-0.4, -0.2) is 89.5 Å². The monoisotopic (exact) mass is 391 g/mol. The molecule has 0 radical (unpaired) electrons. The molecule has 0 amide bonds. The van der Waals surface area contributed by atoms with Crippen molar-refractivity contribution in [2.24, 2.45) is 0 Å². The van der Waals surface area contributed by atoms with Crippen molar-refractivity contribution >= 4 is 36.2 Å². The van der Waals surface area contributed by atoms with Crippen molar-refractivity contribution in [2.75, 3.05) is 69.5 Å². The van der Waals surface area contributed by atoms with E-state index in [1.165, 1.54) is 5.75 Å². The largest absolute Gasteiger partial charge is 0.296 e. The standard InChI is InChI=1S/C18H37N3S3/c1-6-9-20(10-7-2)12-16-24-18(4)21(8-3)13-15-23-17-19(5)11-14-22/h6-7,18,22H,1-2,8-17H2,3-5H3. The highest BCUT2D eigenvalue weighted by molar-refractivity contribution is 8.00. The Labute approximate surface area is 164 Å². The SMILES string of the molecule is C=CCN(CC=C)CCSC(C)N(CC)CCSCN(C)CCS. The molecule has 1 atom stereocenters. The summed E-state index contributed by atoms with van der Waals surface area (Å²) in [5.74, 6) is 4.37. The molecule has 24 heavy (non-hydrogen) atoms. The fourth-order valence-corrected chi connectivity index (χ4v) is 4.76. The summed E-state index contributed by atoms with van der Waals surface area (Å²) in [5.41, 5.74) is 0. The van der Waals surface area contributed by atoms with E-state index in [1.807, 2.05) is 35.7 Å². The highest BCUT2D eigenvalue weighted by Crippen LogP contribution is 2.16. The molecule has 0 bridgehead atoms. The lowest BCUT2D eigenvalue weighted by atomic mass is 10.4. The van der Waals surface area contributed by atoms with E-state index in [0.717, 1.165) is 56.7 Å². The third-order valence-corrected chi connectivity index (χ3v) is 6.27. The Morgan fingerprint density at radius 3 is 2.29 bits per heavy atom. The van der Waals surface area contributed by atoms with E-state index < -0.39 is 0 Å². The Morgan fingerprint density at radius 2 is 1.75 bits per heavy atom. The average Bonchev–Trinajstić information content (AvgIpc) is 2.55. The second-order valence-corrected chi connectivity index (χ2v) is 8.72. The molecule has 6 heteroatoms. The minimum Gasteiger partial charge on any atom is -0.296 e. The number of nitrogens with zero attached hydrogens (tertiary/aromatic N) is 3. The first-order valence-corrected chi connectivity index (χ1v) is 11.6. The lowest BCUT2D eigenvalue weighted by molar-refractivity contribution is 0.298. The number of rotatable bonds is 17. The van der Waals surface area contributed by atoms with Gasteiger partial charge in [0.15, 0.2) is 0 Å². The summed E-state index contributed by atoms with van der Waals surface area (Å²) >= 11 is 8.34. The van der Waals surface area contributed by atoms with E-state index >= 15 is 0 Å². The van der Waals surface area contributed by atoms with E-state index in [9.17, 15) is 0 Å². The number of thioether (sulfide) groups is 2. The Balaban J connectivity index is 3.96. The number of hydrogen-bond donors (Lipinski definition) is 1. The molecule has 0 aromatic carbocycles. The minimum atomic E-state index is 0.570. The predicted molar refractivity (Wildman–Crippen MR) is 120 cm³/mol. The van der Waals surface area contributed by atoms with Gasteiger partial charge in [0.25, 0.3) is 0 Å². The molecular weight excluding hydrogens is 354 g/mol. The molecule has 0 N–H and O–H groups in total. The summed E-state index contributed by atoms with van der Waals surface area (Å²) in [5, 5.41) is 0.570. The molecule has 0 aliphatic rings. The van der Waals surface area contributed by atoms with Gasteiger partial charge in [-0.3, -0.25) is 14.7 Å². The van der Waals surface area contributed by atoms with Crippen LogP contribution in [-0.2, 0) is 0 Å². The summed E-state index contributed by atoms with van der Waals surface area (Å²) in [6.07, 6.45) is 3.94. The second-order valence-electron chi connectivity index (χ2n) is 5.78. The average molecular weight is 392 g/mol. The first-order valence-electron chi connectivity index (χ1n) is 8.75. The van der Waals surface area contributed by atoms with Gasteiger partial charge in [-0.15, -0.1) is 36.7 Å². The lowest BCUT2D eigenvalue weighted by Gasteiger charge is -2.28. The van der Waals surface area contributed by atoms with Gasteiger partial charge in [0.1, 0.15) is 0 Å². The summed E-state index contributed by atoms with van der Waals surface area (Å²) in [6, 6.07) is 0. The molecule has 0 aromatic heterocycles. The van der Waals surface area contributed by atoms with Crippen LogP contribution in [0.4, 0.5) is 0 Å². The van der Waals surface area contributed by atoms with Crippen LogP contribution in [0.3, 0.4) is 0 Å². The van der Waals surface area contributed by atoms with Crippen molar-refractivity contribution in [3.05, 3.63) is 25.3 Å². The molecule has 3 nitrogen and oxygen atoms in total. The van der Waals surface area contributed by atoms with Crippen molar-refractivity contribution < 1.29 is 0 Å². The van der Waals surface area contributed by atoms with Crippen molar-refractivity contribution in [2.45, 2.75) is 19.2 Å². The third kappa shape index (κ3) is 12.7. The maximum absolute atomic E-state index is 4.28. The topological polar surface area (TPSA) is 9.72 Å². The quantitative estimate of drug-likeness (QED) is 0.175. The molecule has 0 spiro atoms. The van der Waals surface area contributed by atoms with Crippen molar-refractivity contribution in [1.82, 2.24) is 14.7 Å². The van der Waals surface area contributed by atoms with Gasteiger partial charge in [-0.25, -0.2) is 0 Å². The summed E-state index contributed by atoms with van der Waals surface area (Å²) in [6.45, 7) is 18.6. The zero-order valence-corrected chi connectivity index (χ0v) is 18.4. The van der Waals surface area contributed by atoms with Crippen LogP contribution in [0.15, 0.2) is 25.3 Å². The van der Waals surface area contributed by atoms with Crippen LogP contribution in [0.25, 0.3) is 0 Å². The molecule has 1 unspecified atom stereocenters. The zero-order chi connectivity index (χ0) is 18.2. The molecule has 0 heterocycles. The van der Waals surface area contributed by atoms with Gasteiger partial charge < -0.3 is 0 Å². The summed E-state index contributed by atoms with van der Waals surface area (Å²) in [4.78, 5) is 7.28. The first-order chi connectivity index (χ1) is 11.6. The van der Waals surface area contributed by atoms with E-state index in [0.29, 0.717) is 5.37 Å². The van der Waals surface area contributed by atoms with Gasteiger partial charge in [-0.1, -0.05) is 19.1 Å². The Hall–Kier alpha value is 0.410. The highest BCUT2D eigenvalue weighted by atomic mass is 32.2. The van der Waals surface area contributed by atoms with E-state index in [4.69, 9.17) is 0 Å². The number of hydrogen-bond acceptors (Lipinski definition) is 6. The molecule has 0 aliphatic carbocycles. The molecule has 0 saturated carbocycles. The third-order valence-electron chi connectivity index (χ3n) is 3.78. The van der Waals surface area contributed by atoms with Crippen LogP contribution in [0.2, 0.25) is 0 Å². The smallest absolute Gasteiger partial charge is 0.0529 e.